The molecule has 1 aliphatic heterocycles. The van der Waals surface area contributed by atoms with Crippen molar-refractivity contribution in [3.05, 3.63) is 18.5 Å². The molecule has 2 atom stereocenters. The molecule has 0 aromatic carbocycles. The van der Waals surface area contributed by atoms with Gasteiger partial charge >= 0.3 is 5.97 Å². The third kappa shape index (κ3) is 2.67. The van der Waals surface area contributed by atoms with Crippen molar-refractivity contribution >= 4 is 11.9 Å². The van der Waals surface area contributed by atoms with E-state index in [1.165, 1.54) is 4.90 Å². The summed E-state index contributed by atoms with van der Waals surface area (Å²) in [6.45, 7) is 0.500. The van der Waals surface area contributed by atoms with Crippen molar-refractivity contribution < 1.29 is 19.8 Å². The molecular formula is C11H15N3O4. The van der Waals surface area contributed by atoms with E-state index in [1.807, 2.05) is 0 Å². The molecule has 2 rings (SSSR count). The molecule has 1 saturated heterocycles. The van der Waals surface area contributed by atoms with E-state index in [0.29, 0.717) is 6.54 Å². The van der Waals surface area contributed by atoms with Crippen molar-refractivity contribution in [3.8, 4) is 0 Å². The molecule has 1 aliphatic rings. The number of carboxylic acids is 1. The van der Waals surface area contributed by atoms with Crippen LogP contribution >= 0.6 is 0 Å². The molecular weight excluding hydrogens is 238 g/mol. The zero-order chi connectivity index (χ0) is 13.1. The van der Waals surface area contributed by atoms with E-state index in [2.05, 4.69) is 5.10 Å². The number of rotatable bonds is 4. The lowest BCUT2D eigenvalue weighted by Crippen LogP contribution is -2.40. The summed E-state index contributed by atoms with van der Waals surface area (Å²) in [6, 6.07) is 0.842. The molecule has 98 valence electrons. The van der Waals surface area contributed by atoms with Crippen molar-refractivity contribution in [2.75, 3.05) is 6.54 Å². The number of β-amino-alcohol motifs (C(OH)–C–C–N with tert-alkyl or cyclic N) is 1. The summed E-state index contributed by atoms with van der Waals surface area (Å²) in [5, 5.41) is 22.4. The number of aliphatic hydroxyl groups is 1. The molecule has 0 spiro atoms. The third-order valence-corrected chi connectivity index (χ3v) is 3.00. The van der Waals surface area contributed by atoms with Crippen LogP contribution in [0.5, 0.6) is 0 Å². The van der Waals surface area contributed by atoms with Gasteiger partial charge in [0.25, 0.3) is 0 Å². The SMILES string of the molecule is O=C(O)C1CC(O)CN1C(=O)CCn1cccn1. The van der Waals surface area contributed by atoms with Gasteiger partial charge in [0.15, 0.2) is 0 Å². The number of aromatic nitrogens is 2. The number of carboxylic acid groups (broad SMARTS) is 1. The van der Waals surface area contributed by atoms with Gasteiger partial charge in [0, 0.05) is 38.3 Å². The van der Waals surface area contributed by atoms with E-state index in [-0.39, 0.29) is 25.3 Å². The van der Waals surface area contributed by atoms with Crippen molar-refractivity contribution in [1.29, 1.82) is 0 Å². The minimum atomic E-state index is -1.07. The molecule has 0 saturated carbocycles. The van der Waals surface area contributed by atoms with Gasteiger partial charge in [-0.15, -0.1) is 0 Å². The van der Waals surface area contributed by atoms with Gasteiger partial charge in [0.05, 0.1) is 6.10 Å². The van der Waals surface area contributed by atoms with Crippen molar-refractivity contribution in [3.63, 3.8) is 0 Å². The second-order valence-electron chi connectivity index (χ2n) is 4.31. The van der Waals surface area contributed by atoms with Gasteiger partial charge in [-0.2, -0.15) is 5.10 Å². The molecule has 1 fully saturated rings. The highest BCUT2D eigenvalue weighted by Gasteiger charge is 2.38. The Morgan fingerprint density at radius 3 is 2.83 bits per heavy atom. The van der Waals surface area contributed by atoms with Crippen LogP contribution in [0.1, 0.15) is 12.8 Å². The van der Waals surface area contributed by atoms with Crippen LogP contribution in [0, 0.1) is 0 Å². The number of hydrogen-bond donors (Lipinski definition) is 2. The van der Waals surface area contributed by atoms with E-state index < -0.39 is 18.1 Å². The largest absolute Gasteiger partial charge is 0.480 e. The van der Waals surface area contributed by atoms with Crippen LogP contribution < -0.4 is 0 Å². The topological polar surface area (TPSA) is 95.7 Å². The number of aliphatic carboxylic acids is 1. The van der Waals surface area contributed by atoms with E-state index in [4.69, 9.17) is 5.11 Å². The maximum absolute atomic E-state index is 11.9. The fraction of sp³-hybridized carbons (Fsp3) is 0.545. The summed E-state index contributed by atoms with van der Waals surface area (Å²) in [4.78, 5) is 24.1. The molecule has 0 bridgehead atoms. The molecule has 2 unspecified atom stereocenters. The minimum Gasteiger partial charge on any atom is -0.480 e. The van der Waals surface area contributed by atoms with Gasteiger partial charge in [-0.25, -0.2) is 4.79 Å². The molecule has 1 aromatic heterocycles. The van der Waals surface area contributed by atoms with E-state index in [1.54, 1.807) is 23.1 Å². The predicted molar refractivity (Wildman–Crippen MR) is 60.6 cm³/mol. The van der Waals surface area contributed by atoms with Crippen LogP contribution in [0.4, 0.5) is 0 Å². The second kappa shape index (κ2) is 5.18. The quantitative estimate of drug-likeness (QED) is 0.741. The van der Waals surface area contributed by atoms with Gasteiger partial charge in [0.2, 0.25) is 5.91 Å². The first-order valence-electron chi connectivity index (χ1n) is 5.75. The molecule has 2 heterocycles. The number of carbonyl (C=O) groups excluding carboxylic acids is 1. The normalized spacial score (nSPS) is 23.3. The highest BCUT2D eigenvalue weighted by atomic mass is 16.4. The van der Waals surface area contributed by atoms with Crippen LogP contribution in [-0.2, 0) is 16.1 Å². The van der Waals surface area contributed by atoms with Crippen molar-refractivity contribution in [2.45, 2.75) is 31.5 Å². The molecule has 7 heteroatoms. The maximum Gasteiger partial charge on any atom is 0.326 e. The minimum absolute atomic E-state index is 0.0922. The molecule has 0 radical (unpaired) electrons. The smallest absolute Gasteiger partial charge is 0.326 e. The lowest BCUT2D eigenvalue weighted by molar-refractivity contribution is -0.148. The van der Waals surface area contributed by atoms with Crippen LogP contribution in [0.3, 0.4) is 0 Å². The number of aryl methyl sites for hydroxylation is 1. The first kappa shape index (κ1) is 12.6. The average molecular weight is 253 g/mol. The average Bonchev–Trinajstić information content (AvgIpc) is 2.94. The lowest BCUT2D eigenvalue weighted by Gasteiger charge is -2.21. The Bertz CT molecular complexity index is 432. The Morgan fingerprint density at radius 2 is 2.22 bits per heavy atom. The maximum atomic E-state index is 11.9. The van der Waals surface area contributed by atoms with Gasteiger partial charge in [-0.05, 0) is 6.07 Å². The standard InChI is InChI=1S/C11H15N3O4/c15-8-6-9(11(17)18)14(7-8)10(16)2-5-13-4-1-3-12-13/h1,3-4,8-9,15H,2,5-7H2,(H,17,18). The molecule has 7 nitrogen and oxygen atoms in total. The Hall–Kier alpha value is -1.89. The highest BCUT2D eigenvalue weighted by Crippen LogP contribution is 2.19. The van der Waals surface area contributed by atoms with E-state index >= 15 is 0 Å². The van der Waals surface area contributed by atoms with Crippen molar-refractivity contribution in [2.24, 2.45) is 0 Å². The summed E-state index contributed by atoms with van der Waals surface area (Å²) < 4.78 is 1.61. The van der Waals surface area contributed by atoms with Gasteiger partial charge in [0.1, 0.15) is 6.04 Å². The molecule has 0 aliphatic carbocycles. The Labute approximate surface area is 104 Å². The molecule has 1 aromatic rings. The van der Waals surface area contributed by atoms with Gasteiger partial charge in [-0.1, -0.05) is 0 Å². The number of amides is 1. The van der Waals surface area contributed by atoms with Crippen LogP contribution in [0.15, 0.2) is 18.5 Å². The molecule has 2 N–H and O–H groups in total. The zero-order valence-corrected chi connectivity index (χ0v) is 9.77. The lowest BCUT2D eigenvalue weighted by atomic mass is 10.2. The fourth-order valence-electron chi connectivity index (χ4n) is 2.11. The summed E-state index contributed by atoms with van der Waals surface area (Å²) in [7, 11) is 0. The number of carbonyl (C=O) groups is 2. The van der Waals surface area contributed by atoms with E-state index in [0.717, 1.165) is 0 Å². The Kier molecular flexibility index (Phi) is 3.61. The first-order valence-corrected chi connectivity index (χ1v) is 5.75. The second-order valence-corrected chi connectivity index (χ2v) is 4.31. The number of hydrogen-bond acceptors (Lipinski definition) is 4. The monoisotopic (exact) mass is 253 g/mol. The zero-order valence-electron chi connectivity index (χ0n) is 9.77. The number of nitrogens with zero attached hydrogens (tertiary/aromatic N) is 3. The highest BCUT2D eigenvalue weighted by molar-refractivity contribution is 5.84. The van der Waals surface area contributed by atoms with Crippen molar-refractivity contribution in [1.82, 2.24) is 14.7 Å². The fourth-order valence-corrected chi connectivity index (χ4v) is 2.11. The van der Waals surface area contributed by atoms with Crippen LogP contribution in [0.25, 0.3) is 0 Å². The summed E-state index contributed by atoms with van der Waals surface area (Å²) in [6.07, 6.45) is 2.88. The van der Waals surface area contributed by atoms with Crippen LogP contribution in [-0.4, -0.2) is 55.5 Å². The first-order chi connectivity index (χ1) is 8.58. The number of aliphatic hydroxyl groups excluding tert-OH is 1. The molecule has 1 amide bonds. The third-order valence-electron chi connectivity index (χ3n) is 3.00. The summed E-state index contributed by atoms with van der Waals surface area (Å²) in [5.74, 6) is -1.34. The van der Waals surface area contributed by atoms with Gasteiger partial charge < -0.3 is 15.1 Å². The molecule has 18 heavy (non-hydrogen) atoms. The Balaban J connectivity index is 1.93. The number of likely N-dealkylation sites (tertiary alicyclic amines) is 1. The predicted octanol–water partition coefficient (Wildman–Crippen LogP) is -0.680. The summed E-state index contributed by atoms with van der Waals surface area (Å²) in [5.41, 5.74) is 0. The summed E-state index contributed by atoms with van der Waals surface area (Å²) >= 11 is 0. The van der Waals surface area contributed by atoms with Crippen LogP contribution in [0.2, 0.25) is 0 Å². The van der Waals surface area contributed by atoms with Gasteiger partial charge in [-0.3, -0.25) is 9.48 Å². The Morgan fingerprint density at radius 1 is 1.44 bits per heavy atom. The van der Waals surface area contributed by atoms with E-state index in [9.17, 15) is 14.7 Å².